The Labute approximate surface area is 221 Å². The number of thioether (sulfide) groups is 1. The Morgan fingerprint density at radius 1 is 1.16 bits per heavy atom. The summed E-state index contributed by atoms with van der Waals surface area (Å²) in [6.45, 7) is 2.21. The smallest absolute Gasteiger partial charge is 0.248 e. The molecule has 3 heterocycles. The molecule has 0 aliphatic carbocycles. The maximum atomic E-state index is 14.2. The second-order valence-electron chi connectivity index (χ2n) is 9.92. The monoisotopic (exact) mass is 523 g/mol. The molecule has 3 aliphatic heterocycles. The third-order valence-corrected chi connectivity index (χ3v) is 9.84. The highest BCUT2D eigenvalue weighted by Crippen LogP contribution is 2.67. The van der Waals surface area contributed by atoms with E-state index in [-0.39, 0.29) is 29.6 Å². The van der Waals surface area contributed by atoms with E-state index in [1.165, 1.54) is 0 Å². The lowest BCUT2D eigenvalue weighted by Gasteiger charge is -2.37. The van der Waals surface area contributed by atoms with Crippen LogP contribution in [0.1, 0.15) is 37.8 Å². The van der Waals surface area contributed by atoms with Crippen LogP contribution in [-0.4, -0.2) is 64.0 Å². The molecule has 3 N–H and O–H groups in total. The first-order valence-electron chi connectivity index (χ1n) is 12.8. The Morgan fingerprint density at radius 3 is 2.54 bits per heavy atom. The van der Waals surface area contributed by atoms with Gasteiger partial charge in [0.05, 0.1) is 36.3 Å². The number of carbonyl (C=O) groups is 3. The number of carbonyl (C=O) groups excluding carboxylic acids is 3. The van der Waals surface area contributed by atoms with Gasteiger partial charge in [0.25, 0.3) is 0 Å². The zero-order valence-corrected chi connectivity index (χ0v) is 21.9. The lowest BCUT2D eigenvalue weighted by molar-refractivity contribution is -0.142. The van der Waals surface area contributed by atoms with Crippen LogP contribution >= 0.6 is 11.8 Å². The van der Waals surface area contributed by atoms with Crippen LogP contribution in [0.25, 0.3) is 0 Å². The Bertz CT molecular complexity index is 1160. The Balaban J connectivity index is 1.54. The molecule has 0 aromatic heterocycles. The van der Waals surface area contributed by atoms with E-state index in [9.17, 15) is 19.5 Å². The number of anilines is 1. The van der Waals surface area contributed by atoms with Crippen LogP contribution in [0.4, 0.5) is 5.69 Å². The maximum Gasteiger partial charge on any atom is 0.248 e. The first kappa shape index (κ1) is 25.6. The van der Waals surface area contributed by atoms with Crippen LogP contribution in [0.3, 0.4) is 0 Å². The number of nitrogens with one attached hydrogen (secondary N) is 2. The number of fused-ring (bicyclic) bond motifs is 1. The molecule has 5 rings (SSSR count). The first-order chi connectivity index (χ1) is 17.9. The van der Waals surface area contributed by atoms with E-state index in [1.54, 1.807) is 48.0 Å². The fraction of sp³-hybridized carbons (Fsp3) is 0.464. The molecule has 2 aromatic carbocycles. The normalized spacial score (nSPS) is 28.6. The van der Waals surface area contributed by atoms with E-state index in [4.69, 9.17) is 4.74 Å². The lowest BCUT2D eigenvalue weighted by atomic mass is 9.70. The zero-order chi connectivity index (χ0) is 26.2. The number of amides is 3. The molecule has 3 aliphatic rings. The largest absolute Gasteiger partial charge is 0.497 e. The standard InChI is InChI=1S/C28H33N3O5S/c1-3-15-29-25(33)22-21-13-14-28(37-21)23(22)27(35)31(20(16-32)17-7-5-4-6-8-17)24(28)26(34)30-18-9-11-19(36-2)12-10-18/h4-12,20-24,32H,3,13-16H2,1-2H3,(H,29,33)(H,30,34)/t20-,21+,22-,23+,24?,28?/m1/s1. The number of aliphatic hydroxyl groups is 1. The van der Waals surface area contributed by atoms with Crippen molar-refractivity contribution in [3.8, 4) is 5.75 Å². The average molecular weight is 524 g/mol. The summed E-state index contributed by atoms with van der Waals surface area (Å²) in [7, 11) is 1.58. The summed E-state index contributed by atoms with van der Waals surface area (Å²) >= 11 is 1.62. The molecule has 2 aromatic rings. The molecule has 3 fully saturated rings. The Hall–Kier alpha value is -3.04. The molecule has 3 amide bonds. The highest BCUT2D eigenvalue weighted by molar-refractivity contribution is 8.02. The van der Waals surface area contributed by atoms with Crippen molar-refractivity contribution in [1.29, 1.82) is 0 Å². The molecular weight excluding hydrogens is 490 g/mol. The molecule has 2 bridgehead atoms. The second kappa shape index (κ2) is 10.4. The molecule has 2 unspecified atom stereocenters. The fourth-order valence-corrected chi connectivity index (χ4v) is 8.51. The van der Waals surface area contributed by atoms with Gasteiger partial charge in [-0.3, -0.25) is 14.4 Å². The van der Waals surface area contributed by atoms with Crippen LogP contribution in [0.2, 0.25) is 0 Å². The van der Waals surface area contributed by atoms with Gasteiger partial charge in [0, 0.05) is 17.5 Å². The van der Waals surface area contributed by atoms with Gasteiger partial charge in [0.1, 0.15) is 11.8 Å². The van der Waals surface area contributed by atoms with Crippen molar-refractivity contribution in [2.24, 2.45) is 11.8 Å². The molecular formula is C28H33N3O5S. The molecule has 0 saturated carbocycles. The van der Waals surface area contributed by atoms with Gasteiger partial charge in [-0.15, -0.1) is 11.8 Å². The van der Waals surface area contributed by atoms with Crippen molar-refractivity contribution < 1.29 is 24.2 Å². The topological polar surface area (TPSA) is 108 Å². The summed E-state index contributed by atoms with van der Waals surface area (Å²) in [5.41, 5.74) is 1.34. The highest BCUT2D eigenvalue weighted by Gasteiger charge is 2.74. The third-order valence-electron chi connectivity index (χ3n) is 7.89. The van der Waals surface area contributed by atoms with Crippen molar-refractivity contribution in [1.82, 2.24) is 10.2 Å². The Morgan fingerprint density at radius 2 is 1.89 bits per heavy atom. The van der Waals surface area contributed by atoms with Gasteiger partial charge in [-0.1, -0.05) is 37.3 Å². The molecule has 37 heavy (non-hydrogen) atoms. The first-order valence-corrected chi connectivity index (χ1v) is 13.7. The molecule has 196 valence electrons. The predicted octanol–water partition coefficient (Wildman–Crippen LogP) is 2.98. The minimum Gasteiger partial charge on any atom is -0.497 e. The predicted molar refractivity (Wildman–Crippen MR) is 142 cm³/mol. The maximum absolute atomic E-state index is 14.2. The van der Waals surface area contributed by atoms with E-state index in [0.29, 0.717) is 24.4 Å². The summed E-state index contributed by atoms with van der Waals surface area (Å²) in [6.07, 6.45) is 2.24. The molecule has 0 radical (unpaired) electrons. The number of rotatable bonds is 9. The van der Waals surface area contributed by atoms with E-state index >= 15 is 0 Å². The van der Waals surface area contributed by atoms with Crippen LogP contribution < -0.4 is 15.4 Å². The van der Waals surface area contributed by atoms with Crippen LogP contribution in [0.5, 0.6) is 5.75 Å². The average Bonchev–Trinajstić information content (AvgIpc) is 3.56. The van der Waals surface area contributed by atoms with Crippen LogP contribution in [-0.2, 0) is 14.4 Å². The lowest BCUT2D eigenvalue weighted by Crippen LogP contribution is -2.52. The van der Waals surface area contributed by atoms with Gasteiger partial charge < -0.3 is 25.4 Å². The number of ether oxygens (including phenoxy) is 1. The fourth-order valence-electron chi connectivity index (χ4n) is 6.31. The Kier molecular flexibility index (Phi) is 7.18. The van der Waals surface area contributed by atoms with Gasteiger partial charge in [-0.25, -0.2) is 0 Å². The molecule has 9 heteroatoms. The molecule has 3 saturated heterocycles. The van der Waals surface area contributed by atoms with E-state index in [2.05, 4.69) is 10.6 Å². The van der Waals surface area contributed by atoms with Crippen LogP contribution in [0, 0.1) is 11.8 Å². The van der Waals surface area contributed by atoms with Gasteiger partial charge in [-0.2, -0.15) is 0 Å². The van der Waals surface area contributed by atoms with Crippen molar-refractivity contribution in [3.63, 3.8) is 0 Å². The van der Waals surface area contributed by atoms with Gasteiger partial charge in [-0.05, 0) is 49.1 Å². The minimum absolute atomic E-state index is 0.00598. The number of hydrogen-bond donors (Lipinski definition) is 3. The van der Waals surface area contributed by atoms with Gasteiger partial charge >= 0.3 is 0 Å². The third kappa shape index (κ3) is 4.28. The zero-order valence-electron chi connectivity index (χ0n) is 21.1. The van der Waals surface area contributed by atoms with Gasteiger partial charge in [0.2, 0.25) is 17.7 Å². The van der Waals surface area contributed by atoms with Crippen molar-refractivity contribution in [2.75, 3.05) is 25.6 Å². The minimum atomic E-state index is -0.830. The van der Waals surface area contributed by atoms with Crippen molar-refractivity contribution >= 4 is 35.2 Å². The van der Waals surface area contributed by atoms with E-state index < -0.39 is 28.7 Å². The number of benzene rings is 2. The summed E-state index contributed by atoms with van der Waals surface area (Å²) in [5.74, 6) is -1.09. The second-order valence-corrected chi connectivity index (χ2v) is 11.5. The summed E-state index contributed by atoms with van der Waals surface area (Å²) < 4.78 is 4.50. The quantitative estimate of drug-likeness (QED) is 0.467. The summed E-state index contributed by atoms with van der Waals surface area (Å²) in [6, 6.07) is 14.8. The number of methoxy groups -OCH3 is 1. The summed E-state index contributed by atoms with van der Waals surface area (Å²) in [5, 5.41) is 16.5. The van der Waals surface area contributed by atoms with Gasteiger partial charge in [0.15, 0.2) is 0 Å². The molecule has 1 spiro atoms. The number of nitrogens with zero attached hydrogens (tertiary/aromatic N) is 1. The number of aliphatic hydroxyl groups excluding tert-OH is 1. The van der Waals surface area contributed by atoms with Crippen molar-refractivity contribution in [3.05, 3.63) is 60.2 Å². The molecule has 8 nitrogen and oxygen atoms in total. The van der Waals surface area contributed by atoms with Crippen molar-refractivity contribution in [2.45, 2.75) is 48.3 Å². The highest BCUT2D eigenvalue weighted by atomic mass is 32.2. The number of hydrogen-bond acceptors (Lipinski definition) is 6. The number of likely N-dealkylation sites (tertiary alicyclic amines) is 1. The summed E-state index contributed by atoms with van der Waals surface area (Å²) in [4.78, 5) is 43.1. The van der Waals surface area contributed by atoms with E-state index in [1.807, 2.05) is 37.3 Å². The SMILES string of the molecule is CCCNC(=O)[C@@H]1[C@@H]2CCC3(S2)C(C(=O)Nc2ccc(OC)cc2)N([C@H](CO)c2ccccc2)C(=O)[C@H]13. The van der Waals surface area contributed by atoms with E-state index in [0.717, 1.165) is 18.4 Å². The molecule has 6 atom stereocenters. The van der Waals surface area contributed by atoms with Crippen LogP contribution in [0.15, 0.2) is 54.6 Å².